The molecule has 154 valence electrons. The predicted molar refractivity (Wildman–Crippen MR) is 109 cm³/mol. The Hall–Kier alpha value is -2.57. The minimum atomic E-state index is -0.271. The van der Waals surface area contributed by atoms with Crippen molar-refractivity contribution in [1.29, 1.82) is 0 Å². The minimum absolute atomic E-state index is 0.271. The van der Waals surface area contributed by atoms with Gasteiger partial charge in [0.1, 0.15) is 24.2 Å². The first-order valence-corrected chi connectivity index (χ1v) is 10.3. The van der Waals surface area contributed by atoms with Gasteiger partial charge in [0, 0.05) is 11.6 Å². The summed E-state index contributed by atoms with van der Waals surface area (Å²) in [5.41, 5.74) is 3.18. The van der Waals surface area contributed by atoms with E-state index in [1.807, 2.05) is 6.07 Å². The number of hydrogen-bond donors (Lipinski definition) is 1. The molecule has 0 fully saturated rings. The molecule has 0 radical (unpaired) electrons. The average Bonchev–Trinajstić information content (AvgIpc) is 3.20. The molecule has 1 aromatic heterocycles. The van der Waals surface area contributed by atoms with Crippen LogP contribution in [0.4, 0.5) is 0 Å². The van der Waals surface area contributed by atoms with Gasteiger partial charge in [0.25, 0.3) is 5.91 Å². The molecule has 1 amide bonds. The van der Waals surface area contributed by atoms with Crippen LogP contribution in [0.5, 0.6) is 11.5 Å². The van der Waals surface area contributed by atoms with Crippen molar-refractivity contribution in [3.63, 3.8) is 0 Å². The van der Waals surface area contributed by atoms with Gasteiger partial charge in [-0.15, -0.1) is 10.2 Å². The van der Waals surface area contributed by atoms with E-state index in [4.69, 9.17) is 9.47 Å². The second kappa shape index (κ2) is 12.8. The number of aromatic nitrogens is 3. The van der Waals surface area contributed by atoms with Crippen molar-refractivity contribution in [1.82, 2.24) is 14.9 Å². The number of carbonyl (C=O) groups excluding carboxylic acids is 1. The monoisotopic (exact) mass is 388 g/mol. The third-order valence-electron chi connectivity index (χ3n) is 4.32. The van der Waals surface area contributed by atoms with Crippen LogP contribution < -0.4 is 14.9 Å². The smallest absolute Gasteiger partial charge is 0.270 e. The largest absolute Gasteiger partial charge is 0.493 e. The molecule has 0 aliphatic rings. The maximum absolute atomic E-state index is 12.5. The summed E-state index contributed by atoms with van der Waals surface area (Å²) in [7, 11) is 0. The van der Waals surface area contributed by atoms with Gasteiger partial charge < -0.3 is 9.47 Å². The summed E-state index contributed by atoms with van der Waals surface area (Å²) in [4.78, 5) is 12.5. The van der Waals surface area contributed by atoms with Gasteiger partial charge in [-0.25, -0.2) is 4.68 Å². The molecule has 7 nitrogen and oxygen atoms in total. The average molecular weight is 389 g/mol. The Labute approximate surface area is 167 Å². The quantitative estimate of drug-likeness (QED) is 0.479. The van der Waals surface area contributed by atoms with Crippen LogP contribution in [-0.4, -0.2) is 34.0 Å². The topological polar surface area (TPSA) is 78.3 Å². The molecule has 0 saturated carbocycles. The van der Waals surface area contributed by atoms with Gasteiger partial charge in [0.15, 0.2) is 0 Å². The standard InChI is InChI=1S/C21H32N4O3/c1-3-5-7-9-11-27-19-13-18(21(26)24-25-16-22-23-17-25)14-20(15-19)28-12-10-8-6-4-2/h13-17H,3-12H2,1-2H3,(H,24,26). The van der Waals surface area contributed by atoms with Gasteiger partial charge in [-0.3, -0.25) is 10.2 Å². The van der Waals surface area contributed by atoms with Crippen molar-refractivity contribution in [3.8, 4) is 11.5 Å². The highest BCUT2D eigenvalue weighted by Gasteiger charge is 2.11. The van der Waals surface area contributed by atoms with Gasteiger partial charge in [-0.2, -0.15) is 0 Å². The fraction of sp³-hybridized carbons (Fsp3) is 0.571. The van der Waals surface area contributed by atoms with Crippen molar-refractivity contribution < 1.29 is 14.3 Å². The summed E-state index contributed by atoms with van der Waals surface area (Å²) >= 11 is 0. The van der Waals surface area contributed by atoms with Crippen molar-refractivity contribution >= 4 is 5.91 Å². The normalized spacial score (nSPS) is 10.6. The van der Waals surface area contributed by atoms with Gasteiger partial charge in [0.2, 0.25) is 0 Å². The second-order valence-electron chi connectivity index (χ2n) is 6.82. The first-order chi connectivity index (χ1) is 13.7. The zero-order valence-corrected chi connectivity index (χ0v) is 17.0. The number of nitrogens with one attached hydrogen (secondary N) is 1. The molecule has 7 heteroatoms. The summed E-state index contributed by atoms with van der Waals surface area (Å²) < 4.78 is 13.2. The van der Waals surface area contributed by atoms with Crippen LogP contribution in [0.2, 0.25) is 0 Å². The van der Waals surface area contributed by atoms with Crippen LogP contribution in [0.15, 0.2) is 30.9 Å². The molecule has 1 N–H and O–H groups in total. The number of hydrogen-bond acceptors (Lipinski definition) is 5. The van der Waals surface area contributed by atoms with Crippen molar-refractivity contribution in [2.45, 2.75) is 65.2 Å². The highest BCUT2D eigenvalue weighted by atomic mass is 16.5. The van der Waals surface area contributed by atoms with Crippen LogP contribution in [0.1, 0.15) is 75.6 Å². The molecule has 1 heterocycles. The van der Waals surface area contributed by atoms with Gasteiger partial charge in [-0.05, 0) is 25.0 Å². The molecule has 0 aliphatic heterocycles. The molecule has 0 atom stereocenters. The number of amides is 1. The summed E-state index contributed by atoms with van der Waals surface area (Å²) in [5.74, 6) is 1.03. The molecule has 1 aromatic carbocycles. The molecular formula is C21H32N4O3. The summed E-state index contributed by atoms with van der Waals surface area (Å²) in [6.07, 6.45) is 11.9. The van der Waals surface area contributed by atoms with Crippen LogP contribution >= 0.6 is 0 Å². The van der Waals surface area contributed by atoms with E-state index in [0.29, 0.717) is 30.3 Å². The summed E-state index contributed by atoms with van der Waals surface area (Å²) in [6.45, 7) is 5.63. The summed E-state index contributed by atoms with van der Waals surface area (Å²) in [6, 6.07) is 5.34. The van der Waals surface area contributed by atoms with E-state index in [0.717, 1.165) is 25.7 Å². The maximum Gasteiger partial charge on any atom is 0.270 e. The number of ether oxygens (including phenoxy) is 2. The first kappa shape index (κ1) is 21.7. The zero-order chi connectivity index (χ0) is 20.0. The lowest BCUT2D eigenvalue weighted by Gasteiger charge is -2.13. The molecule has 0 bridgehead atoms. The van der Waals surface area contributed by atoms with Gasteiger partial charge >= 0.3 is 0 Å². The van der Waals surface area contributed by atoms with Crippen LogP contribution in [0.3, 0.4) is 0 Å². The predicted octanol–water partition coefficient (Wildman–Crippen LogP) is 4.58. The third-order valence-corrected chi connectivity index (χ3v) is 4.32. The molecule has 0 aliphatic carbocycles. The molecule has 0 spiro atoms. The maximum atomic E-state index is 12.5. The first-order valence-electron chi connectivity index (χ1n) is 10.3. The molecule has 0 saturated heterocycles. The number of nitrogens with zero attached hydrogens (tertiary/aromatic N) is 3. The van der Waals surface area contributed by atoms with E-state index in [-0.39, 0.29) is 5.91 Å². The fourth-order valence-corrected chi connectivity index (χ4v) is 2.75. The Morgan fingerprint density at radius 2 is 1.39 bits per heavy atom. The van der Waals surface area contributed by atoms with Crippen molar-refractivity contribution in [2.24, 2.45) is 0 Å². The van der Waals surface area contributed by atoms with Gasteiger partial charge in [0.05, 0.1) is 13.2 Å². The lowest BCUT2D eigenvalue weighted by atomic mass is 10.2. The Kier molecular flexibility index (Phi) is 9.89. The molecule has 2 aromatic rings. The lowest BCUT2D eigenvalue weighted by Crippen LogP contribution is -2.21. The van der Waals surface area contributed by atoms with Gasteiger partial charge in [-0.1, -0.05) is 52.4 Å². The van der Waals surface area contributed by atoms with E-state index in [1.54, 1.807) is 12.1 Å². The summed E-state index contributed by atoms with van der Waals surface area (Å²) in [5, 5.41) is 7.37. The highest BCUT2D eigenvalue weighted by Crippen LogP contribution is 2.24. The molecule has 2 rings (SSSR count). The minimum Gasteiger partial charge on any atom is -0.493 e. The Morgan fingerprint density at radius 1 is 0.857 bits per heavy atom. The van der Waals surface area contributed by atoms with E-state index < -0.39 is 0 Å². The highest BCUT2D eigenvalue weighted by molar-refractivity contribution is 6.00. The van der Waals surface area contributed by atoms with E-state index in [1.165, 1.54) is 43.0 Å². The fourth-order valence-electron chi connectivity index (χ4n) is 2.75. The van der Waals surface area contributed by atoms with Crippen LogP contribution in [0, 0.1) is 0 Å². The third kappa shape index (κ3) is 7.98. The van der Waals surface area contributed by atoms with Crippen molar-refractivity contribution in [2.75, 3.05) is 18.6 Å². The SMILES string of the molecule is CCCCCCOc1cc(OCCCCCC)cc(C(=O)Nn2cnnc2)c1. The molecular weight excluding hydrogens is 356 g/mol. The number of carbonyl (C=O) groups is 1. The van der Waals surface area contributed by atoms with E-state index >= 15 is 0 Å². The number of rotatable bonds is 14. The Bertz CT molecular complexity index is 657. The molecule has 28 heavy (non-hydrogen) atoms. The van der Waals surface area contributed by atoms with Crippen LogP contribution in [0.25, 0.3) is 0 Å². The Balaban J connectivity index is 2.00. The van der Waals surface area contributed by atoms with Crippen LogP contribution in [-0.2, 0) is 0 Å². The van der Waals surface area contributed by atoms with E-state index in [9.17, 15) is 4.79 Å². The van der Waals surface area contributed by atoms with E-state index in [2.05, 4.69) is 29.5 Å². The number of unbranched alkanes of at least 4 members (excludes halogenated alkanes) is 6. The lowest BCUT2D eigenvalue weighted by molar-refractivity contribution is 0.101. The van der Waals surface area contributed by atoms with Crippen molar-refractivity contribution in [3.05, 3.63) is 36.4 Å². The number of benzene rings is 1. The Morgan fingerprint density at radius 3 is 1.89 bits per heavy atom. The second-order valence-corrected chi connectivity index (χ2v) is 6.82. The zero-order valence-electron chi connectivity index (χ0n) is 17.0. The molecule has 0 unspecified atom stereocenters.